The van der Waals surface area contributed by atoms with E-state index in [9.17, 15) is 9.59 Å². The lowest BCUT2D eigenvalue weighted by Gasteiger charge is -2.28. The number of nitrogens with one attached hydrogen (secondary N) is 1. The summed E-state index contributed by atoms with van der Waals surface area (Å²) in [6, 6.07) is 16.7. The minimum Gasteiger partial charge on any atom is -0.481 e. The van der Waals surface area contributed by atoms with Crippen molar-refractivity contribution in [2.45, 2.75) is 25.3 Å². The Bertz CT molecular complexity index is 1090. The highest BCUT2D eigenvalue weighted by atomic mass is 16.5. The standard InChI is InChI=1S/C25H29N5O4/c1-30(24(32)21-15-17-27-25(29-21)34-3)19(13-12-18-8-5-4-6-9-18)14-16-26-23(31)20-10-7-11-22(28-20)33-2/h4-11,15,17,19H,12-14,16H2,1-3H3,(H,26,31). The second kappa shape index (κ2) is 12.3. The molecule has 0 aliphatic carbocycles. The molecule has 2 heterocycles. The van der Waals surface area contributed by atoms with Gasteiger partial charge in [-0.15, -0.1) is 0 Å². The average molecular weight is 464 g/mol. The molecule has 2 aromatic heterocycles. The Hall–Kier alpha value is -4.01. The van der Waals surface area contributed by atoms with Gasteiger partial charge in [0, 0.05) is 31.9 Å². The van der Waals surface area contributed by atoms with Gasteiger partial charge in [0.05, 0.1) is 14.2 Å². The van der Waals surface area contributed by atoms with Crippen molar-refractivity contribution in [3.8, 4) is 11.9 Å². The van der Waals surface area contributed by atoms with Crippen molar-refractivity contribution < 1.29 is 19.1 Å². The number of aryl methyl sites for hydroxylation is 1. The van der Waals surface area contributed by atoms with Gasteiger partial charge in [0.2, 0.25) is 5.88 Å². The average Bonchev–Trinajstić information content (AvgIpc) is 2.90. The SMILES string of the molecule is COc1cccc(C(=O)NCCC(CCc2ccccc2)N(C)C(=O)c2ccnc(OC)n2)n1. The summed E-state index contributed by atoms with van der Waals surface area (Å²) >= 11 is 0. The third-order valence-electron chi connectivity index (χ3n) is 5.44. The van der Waals surface area contributed by atoms with Gasteiger partial charge < -0.3 is 19.7 Å². The zero-order valence-corrected chi connectivity index (χ0v) is 19.6. The lowest BCUT2D eigenvalue weighted by atomic mass is 10.0. The van der Waals surface area contributed by atoms with Crippen LogP contribution in [0.2, 0.25) is 0 Å². The molecule has 9 heteroatoms. The van der Waals surface area contributed by atoms with E-state index in [4.69, 9.17) is 9.47 Å². The van der Waals surface area contributed by atoms with E-state index in [2.05, 4.69) is 32.4 Å². The van der Waals surface area contributed by atoms with Gasteiger partial charge in [0.1, 0.15) is 11.4 Å². The monoisotopic (exact) mass is 463 g/mol. The topological polar surface area (TPSA) is 107 Å². The molecule has 3 rings (SSSR count). The van der Waals surface area contributed by atoms with Crippen molar-refractivity contribution in [1.29, 1.82) is 0 Å². The van der Waals surface area contributed by atoms with Crippen molar-refractivity contribution in [3.05, 3.63) is 77.7 Å². The van der Waals surface area contributed by atoms with Crippen LogP contribution in [0.3, 0.4) is 0 Å². The first-order valence-corrected chi connectivity index (χ1v) is 11.0. The first-order chi connectivity index (χ1) is 16.5. The second-order valence-electron chi connectivity index (χ2n) is 7.63. The maximum Gasteiger partial charge on any atom is 0.316 e. The molecule has 0 fully saturated rings. The van der Waals surface area contributed by atoms with Gasteiger partial charge in [0.25, 0.3) is 11.8 Å². The summed E-state index contributed by atoms with van der Waals surface area (Å²) in [5.74, 6) is -0.159. The van der Waals surface area contributed by atoms with Gasteiger partial charge in [0.15, 0.2) is 0 Å². The van der Waals surface area contributed by atoms with E-state index in [1.807, 2.05) is 18.2 Å². The van der Waals surface area contributed by atoms with Crippen LogP contribution >= 0.6 is 0 Å². The van der Waals surface area contributed by atoms with Crippen LogP contribution in [0.15, 0.2) is 60.8 Å². The molecule has 178 valence electrons. The molecule has 0 saturated carbocycles. The van der Waals surface area contributed by atoms with E-state index < -0.39 is 0 Å². The Balaban J connectivity index is 1.67. The molecule has 9 nitrogen and oxygen atoms in total. The molecular formula is C25H29N5O4. The molecule has 0 radical (unpaired) electrons. The van der Waals surface area contributed by atoms with Crippen LogP contribution in [0.1, 0.15) is 39.4 Å². The molecule has 1 unspecified atom stereocenters. The largest absolute Gasteiger partial charge is 0.481 e. The molecule has 0 bridgehead atoms. The zero-order valence-electron chi connectivity index (χ0n) is 19.6. The Kier molecular flexibility index (Phi) is 8.90. The summed E-state index contributed by atoms with van der Waals surface area (Å²) < 4.78 is 10.1. The third-order valence-corrected chi connectivity index (χ3v) is 5.44. The number of carbonyl (C=O) groups excluding carboxylic acids is 2. The summed E-state index contributed by atoms with van der Waals surface area (Å²) in [4.78, 5) is 39.6. The molecule has 1 N–H and O–H groups in total. The number of ether oxygens (including phenoxy) is 2. The number of hydrogen-bond acceptors (Lipinski definition) is 7. The van der Waals surface area contributed by atoms with E-state index in [0.29, 0.717) is 18.8 Å². The fourth-order valence-electron chi connectivity index (χ4n) is 3.51. The summed E-state index contributed by atoms with van der Waals surface area (Å²) in [5, 5.41) is 2.89. The Labute approximate surface area is 199 Å². The number of nitrogens with zero attached hydrogens (tertiary/aromatic N) is 4. The van der Waals surface area contributed by atoms with Crippen molar-refractivity contribution in [2.75, 3.05) is 27.8 Å². The van der Waals surface area contributed by atoms with Crippen molar-refractivity contribution in [1.82, 2.24) is 25.2 Å². The first-order valence-electron chi connectivity index (χ1n) is 11.0. The fraction of sp³-hybridized carbons (Fsp3) is 0.320. The highest BCUT2D eigenvalue weighted by Crippen LogP contribution is 2.15. The van der Waals surface area contributed by atoms with E-state index in [1.165, 1.54) is 26.0 Å². The Morgan fingerprint density at radius 3 is 2.47 bits per heavy atom. The van der Waals surface area contributed by atoms with E-state index in [0.717, 1.165) is 12.8 Å². The summed E-state index contributed by atoms with van der Waals surface area (Å²) in [5.41, 5.74) is 1.71. The van der Waals surface area contributed by atoms with Crippen molar-refractivity contribution >= 4 is 11.8 Å². The number of hydrogen-bond donors (Lipinski definition) is 1. The summed E-state index contributed by atoms with van der Waals surface area (Å²) in [6.07, 6.45) is 3.57. The predicted octanol–water partition coefficient (Wildman–Crippen LogP) is 2.78. The van der Waals surface area contributed by atoms with Gasteiger partial charge in [-0.2, -0.15) is 4.98 Å². The normalized spacial score (nSPS) is 11.4. The lowest BCUT2D eigenvalue weighted by molar-refractivity contribution is 0.0708. The second-order valence-corrected chi connectivity index (χ2v) is 7.63. The van der Waals surface area contributed by atoms with Gasteiger partial charge in [-0.3, -0.25) is 9.59 Å². The summed E-state index contributed by atoms with van der Waals surface area (Å²) in [7, 11) is 4.70. The third kappa shape index (κ3) is 6.74. The summed E-state index contributed by atoms with van der Waals surface area (Å²) in [6.45, 7) is 0.377. The van der Waals surface area contributed by atoms with Gasteiger partial charge in [-0.1, -0.05) is 36.4 Å². The highest BCUT2D eigenvalue weighted by molar-refractivity contribution is 5.93. The number of amides is 2. The molecule has 1 aromatic carbocycles. The van der Waals surface area contributed by atoms with Crippen LogP contribution < -0.4 is 14.8 Å². The molecule has 0 saturated heterocycles. The molecule has 3 aromatic rings. The smallest absolute Gasteiger partial charge is 0.316 e. The van der Waals surface area contributed by atoms with E-state index in [1.54, 1.807) is 36.2 Å². The molecule has 34 heavy (non-hydrogen) atoms. The lowest BCUT2D eigenvalue weighted by Crippen LogP contribution is -2.40. The quantitative estimate of drug-likeness (QED) is 0.466. The Morgan fingerprint density at radius 1 is 0.941 bits per heavy atom. The molecule has 0 aliphatic rings. The van der Waals surface area contributed by atoms with Crippen molar-refractivity contribution in [2.24, 2.45) is 0 Å². The van der Waals surface area contributed by atoms with E-state index in [-0.39, 0.29) is 35.3 Å². The van der Waals surface area contributed by atoms with Crippen LogP contribution in [0, 0.1) is 0 Å². The fourth-order valence-corrected chi connectivity index (χ4v) is 3.51. The first kappa shape index (κ1) is 24.6. The molecule has 2 amide bonds. The number of rotatable bonds is 11. The molecule has 1 atom stereocenters. The van der Waals surface area contributed by atoms with Gasteiger partial charge >= 0.3 is 6.01 Å². The molecular weight excluding hydrogens is 434 g/mol. The molecule has 0 aliphatic heterocycles. The van der Waals surface area contributed by atoms with Crippen LogP contribution in [0.4, 0.5) is 0 Å². The number of aromatic nitrogens is 3. The number of benzene rings is 1. The minimum atomic E-state index is -0.296. The predicted molar refractivity (Wildman–Crippen MR) is 127 cm³/mol. The highest BCUT2D eigenvalue weighted by Gasteiger charge is 2.23. The number of carbonyl (C=O) groups is 2. The van der Waals surface area contributed by atoms with Crippen LogP contribution in [-0.2, 0) is 6.42 Å². The van der Waals surface area contributed by atoms with Gasteiger partial charge in [-0.25, -0.2) is 9.97 Å². The zero-order chi connectivity index (χ0) is 24.3. The van der Waals surface area contributed by atoms with Crippen molar-refractivity contribution in [3.63, 3.8) is 0 Å². The Morgan fingerprint density at radius 2 is 1.74 bits per heavy atom. The minimum absolute atomic E-state index is 0.132. The number of methoxy groups -OCH3 is 2. The van der Waals surface area contributed by atoms with Gasteiger partial charge in [-0.05, 0) is 37.0 Å². The van der Waals surface area contributed by atoms with Crippen LogP contribution in [0.25, 0.3) is 0 Å². The van der Waals surface area contributed by atoms with Crippen LogP contribution in [-0.4, -0.2) is 65.5 Å². The maximum absolute atomic E-state index is 13.1. The molecule has 0 spiro atoms. The maximum atomic E-state index is 13.1. The number of pyridine rings is 1. The van der Waals surface area contributed by atoms with Crippen LogP contribution in [0.5, 0.6) is 11.9 Å². The van der Waals surface area contributed by atoms with E-state index >= 15 is 0 Å².